The third-order valence-corrected chi connectivity index (χ3v) is 3.12. The molecule has 1 aromatic rings. The second-order valence-corrected chi connectivity index (χ2v) is 4.70. The fraction of sp³-hybridized carbons (Fsp3) is 0.500. The summed E-state index contributed by atoms with van der Waals surface area (Å²) >= 11 is 0. The van der Waals surface area contributed by atoms with Crippen molar-refractivity contribution in [3.63, 3.8) is 0 Å². The highest BCUT2D eigenvalue weighted by molar-refractivity contribution is 5.95. The van der Waals surface area contributed by atoms with Gasteiger partial charge in [0.15, 0.2) is 0 Å². The van der Waals surface area contributed by atoms with Crippen LogP contribution in [0.2, 0.25) is 0 Å². The summed E-state index contributed by atoms with van der Waals surface area (Å²) in [5.41, 5.74) is 1.80. The summed E-state index contributed by atoms with van der Waals surface area (Å²) in [5, 5.41) is 0. The number of hydrogen-bond acceptors (Lipinski definition) is 3. The van der Waals surface area contributed by atoms with E-state index in [4.69, 9.17) is 4.74 Å². The number of rotatable bonds is 2. The minimum absolute atomic E-state index is 0.101. The molecule has 0 N–H and O–H groups in total. The van der Waals surface area contributed by atoms with Gasteiger partial charge in [-0.05, 0) is 24.6 Å². The summed E-state index contributed by atoms with van der Waals surface area (Å²) in [7, 11) is 3.95. The predicted octanol–water partition coefficient (Wildman–Crippen LogP) is 1.62. The molecule has 4 heteroatoms. The third kappa shape index (κ3) is 3.01. The molecule has 0 atom stereocenters. The van der Waals surface area contributed by atoms with Crippen molar-refractivity contribution in [3.8, 4) is 0 Å². The van der Waals surface area contributed by atoms with Gasteiger partial charge in [-0.25, -0.2) is 0 Å². The molecule has 1 aromatic carbocycles. The van der Waals surface area contributed by atoms with Crippen molar-refractivity contribution in [2.75, 3.05) is 45.3 Å². The zero-order valence-electron chi connectivity index (χ0n) is 11.1. The van der Waals surface area contributed by atoms with E-state index in [1.165, 1.54) is 0 Å². The molecule has 0 saturated carbocycles. The quantitative estimate of drug-likeness (QED) is 0.797. The Morgan fingerprint density at radius 3 is 2.89 bits per heavy atom. The molecule has 1 amide bonds. The van der Waals surface area contributed by atoms with E-state index in [1.807, 2.05) is 48.2 Å². The first-order chi connectivity index (χ1) is 8.68. The predicted molar refractivity (Wildman–Crippen MR) is 72.1 cm³/mol. The molecule has 4 nitrogen and oxygen atoms in total. The molecule has 1 aliphatic heterocycles. The van der Waals surface area contributed by atoms with Gasteiger partial charge in [-0.3, -0.25) is 4.79 Å². The monoisotopic (exact) mass is 248 g/mol. The maximum Gasteiger partial charge on any atom is 0.254 e. The standard InChI is InChI=1S/C14H20N2O2/c1-15(2)13-6-3-5-12(11-13)14(17)16-7-4-9-18-10-8-16/h3,5-6,11H,4,7-10H2,1-2H3. The van der Waals surface area contributed by atoms with E-state index < -0.39 is 0 Å². The van der Waals surface area contributed by atoms with Crippen molar-refractivity contribution < 1.29 is 9.53 Å². The lowest BCUT2D eigenvalue weighted by atomic mass is 10.1. The van der Waals surface area contributed by atoms with Crippen molar-refractivity contribution in [2.24, 2.45) is 0 Å². The summed E-state index contributed by atoms with van der Waals surface area (Å²) < 4.78 is 5.37. The van der Waals surface area contributed by atoms with Crippen LogP contribution >= 0.6 is 0 Å². The molecule has 0 bridgehead atoms. The number of anilines is 1. The molecular formula is C14H20N2O2. The van der Waals surface area contributed by atoms with Gasteiger partial charge >= 0.3 is 0 Å². The number of ether oxygens (including phenoxy) is 1. The van der Waals surface area contributed by atoms with Gasteiger partial charge in [-0.1, -0.05) is 6.07 Å². The van der Waals surface area contributed by atoms with Gasteiger partial charge in [0, 0.05) is 45.0 Å². The molecule has 1 saturated heterocycles. The fourth-order valence-electron chi connectivity index (χ4n) is 2.05. The van der Waals surface area contributed by atoms with Gasteiger partial charge in [0.2, 0.25) is 0 Å². The van der Waals surface area contributed by atoms with Gasteiger partial charge < -0.3 is 14.5 Å². The van der Waals surface area contributed by atoms with Crippen LogP contribution in [-0.4, -0.2) is 51.2 Å². The number of benzene rings is 1. The Morgan fingerprint density at radius 2 is 2.11 bits per heavy atom. The molecule has 1 aliphatic rings. The topological polar surface area (TPSA) is 32.8 Å². The Morgan fingerprint density at radius 1 is 1.28 bits per heavy atom. The Balaban J connectivity index is 2.14. The van der Waals surface area contributed by atoms with Gasteiger partial charge in [0.25, 0.3) is 5.91 Å². The zero-order chi connectivity index (χ0) is 13.0. The summed E-state index contributed by atoms with van der Waals surface area (Å²) in [4.78, 5) is 16.3. The van der Waals surface area contributed by atoms with Gasteiger partial charge in [0.1, 0.15) is 0 Å². The summed E-state index contributed by atoms with van der Waals surface area (Å²) in [5.74, 6) is 0.101. The molecule has 0 aliphatic carbocycles. The Kier molecular flexibility index (Phi) is 4.20. The number of nitrogens with zero attached hydrogens (tertiary/aromatic N) is 2. The first kappa shape index (κ1) is 12.9. The van der Waals surface area contributed by atoms with Crippen molar-refractivity contribution in [1.29, 1.82) is 0 Å². The molecule has 1 heterocycles. The van der Waals surface area contributed by atoms with Crippen LogP contribution in [0.3, 0.4) is 0 Å². The fourth-order valence-corrected chi connectivity index (χ4v) is 2.05. The van der Waals surface area contributed by atoms with E-state index in [1.54, 1.807) is 0 Å². The van der Waals surface area contributed by atoms with E-state index in [-0.39, 0.29) is 5.91 Å². The maximum absolute atomic E-state index is 12.4. The Labute approximate surface area is 108 Å². The van der Waals surface area contributed by atoms with Crippen LogP contribution in [0.5, 0.6) is 0 Å². The van der Waals surface area contributed by atoms with Crippen LogP contribution in [0.15, 0.2) is 24.3 Å². The molecular weight excluding hydrogens is 228 g/mol. The molecule has 18 heavy (non-hydrogen) atoms. The smallest absolute Gasteiger partial charge is 0.254 e. The second-order valence-electron chi connectivity index (χ2n) is 4.70. The highest BCUT2D eigenvalue weighted by Crippen LogP contribution is 2.15. The molecule has 1 fully saturated rings. The summed E-state index contributed by atoms with van der Waals surface area (Å²) in [6, 6.07) is 7.74. The minimum atomic E-state index is 0.101. The van der Waals surface area contributed by atoms with Gasteiger partial charge in [-0.15, -0.1) is 0 Å². The normalized spacial score (nSPS) is 16.2. The SMILES string of the molecule is CN(C)c1cccc(C(=O)N2CCCOCC2)c1. The average molecular weight is 248 g/mol. The van der Waals surface area contributed by atoms with Crippen LogP contribution in [0, 0.1) is 0 Å². The van der Waals surface area contributed by atoms with E-state index in [0.29, 0.717) is 13.2 Å². The first-order valence-corrected chi connectivity index (χ1v) is 6.33. The first-order valence-electron chi connectivity index (χ1n) is 6.33. The lowest BCUT2D eigenvalue weighted by molar-refractivity contribution is 0.0741. The summed E-state index contributed by atoms with van der Waals surface area (Å²) in [6.07, 6.45) is 0.916. The van der Waals surface area contributed by atoms with E-state index >= 15 is 0 Å². The van der Waals surface area contributed by atoms with Crippen LogP contribution in [-0.2, 0) is 4.74 Å². The van der Waals surface area contributed by atoms with Crippen LogP contribution in [0.1, 0.15) is 16.8 Å². The molecule has 0 aromatic heterocycles. The molecule has 98 valence electrons. The van der Waals surface area contributed by atoms with Gasteiger partial charge in [0.05, 0.1) is 6.61 Å². The van der Waals surface area contributed by atoms with Crippen molar-refractivity contribution in [3.05, 3.63) is 29.8 Å². The van der Waals surface area contributed by atoms with Crippen LogP contribution < -0.4 is 4.90 Å². The lowest BCUT2D eigenvalue weighted by Crippen LogP contribution is -2.33. The Bertz CT molecular complexity index is 410. The zero-order valence-corrected chi connectivity index (χ0v) is 11.1. The highest BCUT2D eigenvalue weighted by Gasteiger charge is 2.17. The van der Waals surface area contributed by atoms with Crippen LogP contribution in [0.25, 0.3) is 0 Å². The number of amides is 1. The second kappa shape index (κ2) is 5.87. The Hall–Kier alpha value is -1.55. The average Bonchev–Trinajstić information content (AvgIpc) is 2.67. The summed E-state index contributed by atoms with van der Waals surface area (Å²) in [6.45, 7) is 2.86. The number of hydrogen-bond donors (Lipinski definition) is 0. The van der Waals surface area contributed by atoms with Crippen LogP contribution in [0.4, 0.5) is 5.69 Å². The largest absolute Gasteiger partial charge is 0.380 e. The molecule has 0 radical (unpaired) electrons. The number of carbonyl (C=O) groups excluding carboxylic acids is 1. The van der Waals surface area contributed by atoms with E-state index in [0.717, 1.165) is 30.8 Å². The van der Waals surface area contributed by atoms with Crippen molar-refractivity contribution >= 4 is 11.6 Å². The number of carbonyl (C=O) groups is 1. The van der Waals surface area contributed by atoms with E-state index in [9.17, 15) is 4.79 Å². The van der Waals surface area contributed by atoms with Gasteiger partial charge in [-0.2, -0.15) is 0 Å². The molecule has 2 rings (SSSR count). The molecule has 0 unspecified atom stereocenters. The third-order valence-electron chi connectivity index (χ3n) is 3.12. The van der Waals surface area contributed by atoms with E-state index in [2.05, 4.69) is 0 Å². The van der Waals surface area contributed by atoms with Crippen molar-refractivity contribution in [2.45, 2.75) is 6.42 Å². The van der Waals surface area contributed by atoms with Crippen molar-refractivity contribution in [1.82, 2.24) is 4.90 Å². The maximum atomic E-state index is 12.4. The molecule has 0 spiro atoms. The minimum Gasteiger partial charge on any atom is -0.380 e. The highest BCUT2D eigenvalue weighted by atomic mass is 16.5. The lowest BCUT2D eigenvalue weighted by Gasteiger charge is -2.20.